The first-order valence-corrected chi connectivity index (χ1v) is 9.33. The van der Waals surface area contributed by atoms with E-state index in [9.17, 15) is 14.0 Å². The van der Waals surface area contributed by atoms with E-state index in [1.807, 2.05) is 11.0 Å². The third-order valence-corrected chi connectivity index (χ3v) is 6.00. The van der Waals surface area contributed by atoms with Gasteiger partial charge in [-0.2, -0.15) is 0 Å². The molecule has 138 valence electrons. The zero-order valence-corrected chi connectivity index (χ0v) is 14.8. The van der Waals surface area contributed by atoms with E-state index < -0.39 is 0 Å². The lowest BCUT2D eigenvalue weighted by Gasteiger charge is -2.36. The molecule has 1 N–H and O–H groups in total. The number of likely N-dealkylation sites (tertiary alicyclic amines) is 1. The van der Waals surface area contributed by atoms with E-state index in [1.165, 1.54) is 28.2 Å². The van der Waals surface area contributed by atoms with Crippen LogP contribution in [0.5, 0.6) is 0 Å². The Hall–Kier alpha value is -2.89. The first-order valence-electron chi connectivity index (χ1n) is 9.33. The Labute approximate surface area is 156 Å². The van der Waals surface area contributed by atoms with E-state index in [2.05, 4.69) is 23.5 Å². The molecule has 1 fully saturated rings. The number of fused-ring (bicyclic) bond motifs is 6. The number of carbonyl (C=O) groups is 2. The number of amides is 3. The Kier molecular flexibility index (Phi) is 3.67. The van der Waals surface area contributed by atoms with Crippen LogP contribution in [0.4, 0.5) is 14.9 Å². The van der Waals surface area contributed by atoms with Gasteiger partial charge in [0.1, 0.15) is 12.4 Å². The van der Waals surface area contributed by atoms with Gasteiger partial charge in [-0.05, 0) is 53.6 Å². The summed E-state index contributed by atoms with van der Waals surface area (Å²) in [6.07, 6.45) is 1.92. The van der Waals surface area contributed by atoms with Crippen molar-refractivity contribution in [1.82, 2.24) is 9.80 Å². The lowest BCUT2D eigenvalue weighted by Crippen LogP contribution is -2.47. The predicted molar refractivity (Wildman–Crippen MR) is 98.7 cm³/mol. The summed E-state index contributed by atoms with van der Waals surface area (Å²) in [6.45, 7) is 0.955. The van der Waals surface area contributed by atoms with Crippen molar-refractivity contribution in [2.45, 2.75) is 31.3 Å². The number of urea groups is 1. The molecule has 1 aliphatic carbocycles. The summed E-state index contributed by atoms with van der Waals surface area (Å²) in [6, 6.07) is 12.4. The molecule has 6 heteroatoms. The molecule has 0 spiro atoms. The fraction of sp³-hybridized carbons (Fsp3) is 0.333. The molecular weight excluding hydrogens is 345 g/mol. The van der Waals surface area contributed by atoms with Crippen molar-refractivity contribution in [2.24, 2.45) is 0 Å². The van der Waals surface area contributed by atoms with Gasteiger partial charge in [0.05, 0.1) is 12.6 Å². The van der Waals surface area contributed by atoms with Crippen molar-refractivity contribution in [2.75, 3.05) is 18.4 Å². The van der Waals surface area contributed by atoms with Gasteiger partial charge in [-0.25, -0.2) is 9.18 Å². The Balaban J connectivity index is 1.35. The highest BCUT2D eigenvalue weighted by atomic mass is 19.1. The summed E-state index contributed by atoms with van der Waals surface area (Å²) in [4.78, 5) is 28.8. The second kappa shape index (κ2) is 6.08. The predicted octanol–water partition coefficient (Wildman–Crippen LogP) is 3.63. The van der Waals surface area contributed by atoms with E-state index in [-0.39, 0.29) is 36.9 Å². The lowest BCUT2D eigenvalue weighted by atomic mass is 9.95. The van der Waals surface area contributed by atoms with Crippen molar-refractivity contribution >= 4 is 17.6 Å². The van der Waals surface area contributed by atoms with E-state index in [0.717, 1.165) is 12.8 Å². The summed E-state index contributed by atoms with van der Waals surface area (Å²) in [7, 11) is 0. The minimum atomic E-state index is -0.346. The fourth-order valence-corrected chi connectivity index (χ4v) is 4.70. The molecule has 0 saturated carbocycles. The number of benzene rings is 2. The molecule has 27 heavy (non-hydrogen) atoms. The third kappa shape index (κ3) is 2.67. The van der Waals surface area contributed by atoms with Crippen LogP contribution in [0, 0.1) is 5.82 Å². The van der Waals surface area contributed by atoms with Gasteiger partial charge < -0.3 is 15.1 Å². The summed E-state index contributed by atoms with van der Waals surface area (Å²) in [5.41, 5.74) is 3.89. The van der Waals surface area contributed by atoms with Crippen molar-refractivity contribution in [3.63, 3.8) is 0 Å². The number of nitrogens with zero attached hydrogens (tertiary/aromatic N) is 2. The zero-order valence-electron chi connectivity index (χ0n) is 14.8. The molecule has 2 bridgehead atoms. The normalized spacial score (nSPS) is 22.9. The topological polar surface area (TPSA) is 52.7 Å². The molecule has 2 atom stereocenters. The molecule has 0 radical (unpaired) electrons. The maximum atomic E-state index is 13.5. The molecule has 2 heterocycles. The van der Waals surface area contributed by atoms with Gasteiger partial charge in [0.2, 0.25) is 5.91 Å². The molecule has 2 aliphatic heterocycles. The monoisotopic (exact) mass is 365 g/mol. The Morgan fingerprint density at radius 3 is 2.85 bits per heavy atom. The average molecular weight is 365 g/mol. The lowest BCUT2D eigenvalue weighted by molar-refractivity contribution is -0.135. The van der Waals surface area contributed by atoms with Crippen LogP contribution in [0.2, 0.25) is 0 Å². The number of rotatable bonds is 2. The summed E-state index contributed by atoms with van der Waals surface area (Å²) >= 11 is 0. The number of anilines is 1. The number of piperidine rings is 1. The second-order valence-corrected chi connectivity index (χ2v) is 7.54. The van der Waals surface area contributed by atoms with Gasteiger partial charge in [0.15, 0.2) is 0 Å². The maximum absolute atomic E-state index is 13.5. The number of nitrogens with one attached hydrogen (secondary N) is 1. The van der Waals surface area contributed by atoms with Gasteiger partial charge >= 0.3 is 6.03 Å². The smallest absolute Gasteiger partial charge is 0.322 e. The number of hydrogen-bond acceptors (Lipinski definition) is 2. The molecule has 5 rings (SSSR count). The summed E-state index contributed by atoms with van der Waals surface area (Å²) in [5, 5.41) is 2.74. The van der Waals surface area contributed by atoms with Crippen molar-refractivity contribution in [1.29, 1.82) is 0 Å². The Morgan fingerprint density at radius 1 is 1.19 bits per heavy atom. The fourth-order valence-electron chi connectivity index (χ4n) is 4.70. The first-order chi connectivity index (χ1) is 13.1. The van der Waals surface area contributed by atoms with Crippen LogP contribution < -0.4 is 5.32 Å². The molecule has 2 unspecified atom stereocenters. The highest BCUT2D eigenvalue weighted by molar-refractivity contribution is 5.95. The van der Waals surface area contributed by atoms with Gasteiger partial charge in [-0.15, -0.1) is 0 Å². The average Bonchev–Trinajstić information content (AvgIpc) is 2.95. The molecule has 2 aromatic rings. The second-order valence-electron chi connectivity index (χ2n) is 7.54. The first kappa shape index (κ1) is 16.3. The zero-order chi connectivity index (χ0) is 18.5. The molecular formula is C21H20FN3O2. The van der Waals surface area contributed by atoms with Crippen molar-refractivity contribution in [3.05, 3.63) is 65.0 Å². The van der Waals surface area contributed by atoms with E-state index in [4.69, 9.17) is 0 Å². The van der Waals surface area contributed by atoms with Crippen LogP contribution in [0.3, 0.4) is 0 Å². The van der Waals surface area contributed by atoms with Gasteiger partial charge in [-0.3, -0.25) is 4.79 Å². The van der Waals surface area contributed by atoms with Crippen molar-refractivity contribution in [3.8, 4) is 0 Å². The number of hydrogen-bond donors (Lipinski definition) is 1. The highest BCUT2D eigenvalue weighted by Gasteiger charge is 2.41. The van der Waals surface area contributed by atoms with Crippen LogP contribution in [-0.4, -0.2) is 34.8 Å². The quantitative estimate of drug-likeness (QED) is 0.884. The third-order valence-electron chi connectivity index (χ3n) is 6.00. The van der Waals surface area contributed by atoms with Crippen LogP contribution in [-0.2, 0) is 11.3 Å². The Morgan fingerprint density at radius 2 is 2.00 bits per heavy atom. The van der Waals surface area contributed by atoms with Crippen molar-refractivity contribution < 1.29 is 14.0 Å². The van der Waals surface area contributed by atoms with Crippen LogP contribution >= 0.6 is 0 Å². The SMILES string of the molecule is O=C1Nc2ccc(F)cc2CN1CC(=O)N1CCC2CC1c1ccccc12. The molecule has 0 aromatic heterocycles. The summed E-state index contributed by atoms with van der Waals surface area (Å²) < 4.78 is 13.5. The maximum Gasteiger partial charge on any atom is 0.322 e. The molecule has 3 amide bonds. The van der Waals surface area contributed by atoms with Gasteiger partial charge in [0, 0.05) is 12.2 Å². The minimum absolute atomic E-state index is 0.00508. The van der Waals surface area contributed by atoms with Gasteiger partial charge in [-0.1, -0.05) is 24.3 Å². The largest absolute Gasteiger partial charge is 0.334 e. The minimum Gasteiger partial charge on any atom is -0.334 e. The van der Waals surface area contributed by atoms with Crippen LogP contribution in [0.1, 0.15) is 41.5 Å². The van der Waals surface area contributed by atoms with E-state index in [0.29, 0.717) is 23.7 Å². The van der Waals surface area contributed by atoms with E-state index >= 15 is 0 Å². The number of carbonyl (C=O) groups excluding carboxylic acids is 2. The van der Waals surface area contributed by atoms with Crippen LogP contribution in [0.25, 0.3) is 0 Å². The molecule has 3 aliphatic rings. The molecule has 5 nitrogen and oxygen atoms in total. The van der Waals surface area contributed by atoms with Crippen LogP contribution in [0.15, 0.2) is 42.5 Å². The standard InChI is InChI=1S/C21H20FN3O2/c22-15-5-6-18-14(9-15)11-24(21(27)23-18)12-20(26)25-8-7-13-10-19(25)17-4-2-1-3-16(13)17/h1-6,9,13,19H,7-8,10-12H2,(H,23,27). The molecule has 1 saturated heterocycles. The summed E-state index contributed by atoms with van der Waals surface area (Å²) in [5.74, 6) is 0.134. The Bertz CT molecular complexity index is 945. The van der Waals surface area contributed by atoms with Gasteiger partial charge in [0.25, 0.3) is 0 Å². The number of halogens is 1. The highest BCUT2D eigenvalue weighted by Crippen LogP contribution is 2.48. The molecule has 2 aromatic carbocycles. The van der Waals surface area contributed by atoms with E-state index in [1.54, 1.807) is 6.07 Å².